The van der Waals surface area contributed by atoms with Crippen LogP contribution in [0.1, 0.15) is 18.5 Å². The van der Waals surface area contributed by atoms with Crippen molar-refractivity contribution >= 4 is 17.4 Å². The van der Waals surface area contributed by atoms with Crippen molar-refractivity contribution in [2.45, 2.75) is 13.0 Å². The van der Waals surface area contributed by atoms with E-state index in [1.165, 1.54) is 0 Å². The van der Waals surface area contributed by atoms with Crippen LogP contribution in [-0.2, 0) is 0 Å². The maximum atomic E-state index is 12.2. The number of aliphatic hydroxyl groups is 1. The molecule has 1 atom stereocenters. The minimum Gasteiger partial charge on any atom is -0.394 e. The van der Waals surface area contributed by atoms with Crippen LogP contribution in [0.5, 0.6) is 0 Å². The Morgan fingerprint density at radius 3 is 2.57 bits per heavy atom. The quantitative estimate of drug-likeness (QED) is 0.768. The molecule has 0 aliphatic carbocycles. The Morgan fingerprint density at radius 1 is 1.17 bits per heavy atom. The lowest BCUT2D eigenvalue weighted by Crippen LogP contribution is -2.34. The molecule has 3 N–H and O–H groups in total. The highest BCUT2D eigenvalue weighted by Gasteiger charge is 2.13. The van der Waals surface area contributed by atoms with Crippen molar-refractivity contribution in [3.8, 4) is 0 Å². The van der Waals surface area contributed by atoms with Crippen molar-refractivity contribution in [1.82, 2.24) is 5.32 Å². The second-order valence-electron chi connectivity index (χ2n) is 5.31. The molecule has 0 saturated heterocycles. The number of benzene rings is 2. The van der Waals surface area contributed by atoms with E-state index in [9.17, 15) is 9.90 Å². The van der Waals surface area contributed by atoms with Crippen LogP contribution in [0, 0.1) is 0 Å². The van der Waals surface area contributed by atoms with E-state index in [0.717, 1.165) is 17.8 Å². The number of carbonyl (C=O) groups excluding carboxylic acids is 1. The van der Waals surface area contributed by atoms with Crippen LogP contribution in [0.25, 0.3) is 0 Å². The number of rotatable bonds is 6. The lowest BCUT2D eigenvalue weighted by Gasteiger charge is -2.19. The van der Waals surface area contributed by atoms with Gasteiger partial charge in [-0.2, -0.15) is 0 Å². The highest BCUT2D eigenvalue weighted by molar-refractivity contribution is 5.90. The average molecular weight is 313 g/mol. The molecule has 2 amide bonds. The first-order valence-corrected chi connectivity index (χ1v) is 7.68. The van der Waals surface area contributed by atoms with Crippen molar-refractivity contribution in [2.24, 2.45) is 0 Å². The summed E-state index contributed by atoms with van der Waals surface area (Å²) in [6, 6.07) is 16.3. The van der Waals surface area contributed by atoms with Gasteiger partial charge in [0.2, 0.25) is 0 Å². The molecule has 23 heavy (non-hydrogen) atoms. The summed E-state index contributed by atoms with van der Waals surface area (Å²) in [4.78, 5) is 14.2. The molecular formula is C18H23N3O2. The zero-order valence-corrected chi connectivity index (χ0v) is 13.5. The summed E-state index contributed by atoms with van der Waals surface area (Å²) in [6.45, 7) is 2.80. The summed E-state index contributed by atoms with van der Waals surface area (Å²) in [5.41, 5.74) is 2.61. The van der Waals surface area contributed by atoms with Crippen LogP contribution in [0.3, 0.4) is 0 Å². The fourth-order valence-corrected chi connectivity index (χ4v) is 2.25. The number of aliphatic hydroxyl groups excluding tert-OH is 1. The number of carbonyl (C=O) groups is 1. The van der Waals surface area contributed by atoms with E-state index in [2.05, 4.69) is 22.5 Å². The maximum absolute atomic E-state index is 12.2. The largest absolute Gasteiger partial charge is 0.394 e. The molecule has 2 aromatic carbocycles. The Morgan fingerprint density at radius 2 is 1.91 bits per heavy atom. The Kier molecular flexibility index (Phi) is 6.00. The third kappa shape index (κ3) is 4.72. The standard InChI is InChI=1S/C18H23N3O2/c1-3-21(2)16-11-7-10-15(12-16)19-18(23)20-17(13-22)14-8-5-4-6-9-14/h4-12,17,22H,3,13H2,1-2H3,(H2,19,20,23)/t17-/m1/s1. The van der Waals surface area contributed by atoms with E-state index < -0.39 is 6.04 Å². The van der Waals surface area contributed by atoms with E-state index in [0.29, 0.717) is 5.69 Å². The second-order valence-corrected chi connectivity index (χ2v) is 5.31. The number of hydrogen-bond acceptors (Lipinski definition) is 3. The van der Waals surface area contributed by atoms with E-state index in [1.54, 1.807) is 0 Å². The molecule has 0 aliphatic rings. The molecule has 0 fully saturated rings. The number of urea groups is 1. The summed E-state index contributed by atoms with van der Waals surface area (Å²) in [6.07, 6.45) is 0. The molecule has 0 saturated carbocycles. The zero-order chi connectivity index (χ0) is 16.7. The van der Waals surface area contributed by atoms with Gasteiger partial charge in [0.25, 0.3) is 0 Å². The zero-order valence-electron chi connectivity index (χ0n) is 13.5. The van der Waals surface area contributed by atoms with Crippen molar-refractivity contribution < 1.29 is 9.90 Å². The normalized spacial score (nSPS) is 11.6. The molecule has 2 aromatic rings. The van der Waals surface area contributed by atoms with Crippen molar-refractivity contribution in [1.29, 1.82) is 0 Å². The van der Waals surface area contributed by atoms with Gasteiger partial charge in [0.15, 0.2) is 0 Å². The first kappa shape index (κ1) is 16.8. The molecule has 0 spiro atoms. The van der Waals surface area contributed by atoms with Gasteiger partial charge in [-0.3, -0.25) is 0 Å². The van der Waals surface area contributed by atoms with Gasteiger partial charge in [-0.25, -0.2) is 4.79 Å². The van der Waals surface area contributed by atoms with Crippen LogP contribution >= 0.6 is 0 Å². The van der Waals surface area contributed by atoms with Crippen LogP contribution in [0.2, 0.25) is 0 Å². The van der Waals surface area contributed by atoms with E-state index >= 15 is 0 Å². The van der Waals surface area contributed by atoms with Gasteiger partial charge < -0.3 is 20.6 Å². The summed E-state index contributed by atoms with van der Waals surface area (Å²) < 4.78 is 0. The predicted octanol–water partition coefficient (Wildman–Crippen LogP) is 3.00. The van der Waals surface area contributed by atoms with Gasteiger partial charge in [-0.1, -0.05) is 36.4 Å². The SMILES string of the molecule is CCN(C)c1cccc(NC(=O)N[C@H](CO)c2ccccc2)c1. The highest BCUT2D eigenvalue weighted by atomic mass is 16.3. The smallest absolute Gasteiger partial charge is 0.319 e. The van der Waals surface area contributed by atoms with Crippen LogP contribution in [0.15, 0.2) is 54.6 Å². The van der Waals surface area contributed by atoms with Gasteiger partial charge in [0.1, 0.15) is 0 Å². The molecule has 0 radical (unpaired) electrons. The van der Waals surface area contributed by atoms with Crippen LogP contribution in [-0.4, -0.2) is 31.3 Å². The van der Waals surface area contributed by atoms with Gasteiger partial charge in [-0.05, 0) is 30.7 Å². The number of amides is 2. The fraction of sp³-hybridized carbons (Fsp3) is 0.278. The molecule has 2 rings (SSSR count). The van der Waals surface area contributed by atoms with Gasteiger partial charge in [-0.15, -0.1) is 0 Å². The van der Waals surface area contributed by atoms with Crippen LogP contribution in [0.4, 0.5) is 16.2 Å². The lowest BCUT2D eigenvalue weighted by atomic mass is 10.1. The number of anilines is 2. The molecule has 0 unspecified atom stereocenters. The third-order valence-electron chi connectivity index (χ3n) is 3.71. The van der Waals surface area contributed by atoms with Crippen molar-refractivity contribution in [2.75, 3.05) is 30.4 Å². The Labute approximate surface area is 136 Å². The minimum absolute atomic E-state index is 0.157. The monoisotopic (exact) mass is 313 g/mol. The first-order chi connectivity index (χ1) is 11.1. The number of hydrogen-bond donors (Lipinski definition) is 3. The molecule has 0 aliphatic heterocycles. The first-order valence-electron chi connectivity index (χ1n) is 7.68. The number of nitrogens with zero attached hydrogens (tertiary/aromatic N) is 1. The van der Waals surface area contributed by atoms with Crippen LogP contribution < -0.4 is 15.5 Å². The highest BCUT2D eigenvalue weighted by Crippen LogP contribution is 2.18. The summed E-state index contributed by atoms with van der Waals surface area (Å²) in [7, 11) is 2.00. The minimum atomic E-state index is -0.433. The third-order valence-corrected chi connectivity index (χ3v) is 3.71. The molecule has 0 bridgehead atoms. The van der Waals surface area contributed by atoms with Crippen molar-refractivity contribution in [3.63, 3.8) is 0 Å². The molecular weight excluding hydrogens is 290 g/mol. The number of nitrogens with one attached hydrogen (secondary N) is 2. The fourth-order valence-electron chi connectivity index (χ4n) is 2.25. The summed E-state index contributed by atoms with van der Waals surface area (Å²) >= 11 is 0. The summed E-state index contributed by atoms with van der Waals surface area (Å²) in [5.74, 6) is 0. The van der Waals surface area contributed by atoms with Gasteiger partial charge in [0, 0.05) is 25.0 Å². The molecule has 5 heteroatoms. The van der Waals surface area contributed by atoms with Gasteiger partial charge in [0.05, 0.1) is 12.6 Å². The maximum Gasteiger partial charge on any atom is 0.319 e. The Hall–Kier alpha value is -2.53. The van der Waals surface area contributed by atoms with Crippen molar-refractivity contribution in [3.05, 3.63) is 60.2 Å². The second kappa shape index (κ2) is 8.19. The van der Waals surface area contributed by atoms with Gasteiger partial charge >= 0.3 is 6.03 Å². The summed E-state index contributed by atoms with van der Waals surface area (Å²) in [5, 5.41) is 15.1. The van der Waals surface area contributed by atoms with E-state index in [4.69, 9.17) is 0 Å². The molecule has 0 heterocycles. The van der Waals surface area contributed by atoms with E-state index in [1.807, 2.05) is 61.6 Å². The molecule has 0 aromatic heterocycles. The Balaban J connectivity index is 2.01. The Bertz CT molecular complexity index is 631. The average Bonchev–Trinajstić information content (AvgIpc) is 2.60. The lowest BCUT2D eigenvalue weighted by molar-refractivity contribution is 0.225. The van der Waals surface area contributed by atoms with E-state index in [-0.39, 0.29) is 12.6 Å². The topological polar surface area (TPSA) is 64.6 Å². The molecule has 122 valence electrons. The predicted molar refractivity (Wildman–Crippen MR) is 93.8 cm³/mol. The molecule has 5 nitrogen and oxygen atoms in total.